The van der Waals surface area contributed by atoms with Gasteiger partial charge in [0.05, 0.1) is 24.2 Å². The number of alkyl halides is 2. The number of halogens is 2. The topological polar surface area (TPSA) is 130 Å². The second-order valence-electron chi connectivity index (χ2n) is 12.7. The van der Waals surface area contributed by atoms with E-state index in [1.165, 1.54) is 0 Å². The fraction of sp³-hybridized carbons (Fsp3) is 0.828. The van der Waals surface area contributed by atoms with Crippen LogP contribution in [0.2, 0.25) is 0 Å². The van der Waals surface area contributed by atoms with E-state index in [0.717, 1.165) is 38.8 Å². The zero-order valence-electron chi connectivity index (χ0n) is 24.8. The van der Waals surface area contributed by atoms with Crippen molar-refractivity contribution in [3.05, 3.63) is 11.3 Å². The molecule has 0 aromatic rings. The molecule has 2 amide bonds. The SMILES string of the molecule is CCCC1(C)CCC(F)CNC(=C(C(=N)N)C(=O)NC2CNCC(F)C2N2CCN(C(=O)CN3CCCC3)CC2)C1. The van der Waals surface area contributed by atoms with Crippen LogP contribution in [0.1, 0.15) is 58.8 Å². The molecule has 4 aliphatic heterocycles. The Bertz CT molecular complexity index is 966. The first-order valence-electron chi connectivity index (χ1n) is 15.5. The summed E-state index contributed by atoms with van der Waals surface area (Å²) < 4.78 is 30.0. The maximum atomic E-state index is 15.4. The van der Waals surface area contributed by atoms with Crippen LogP contribution in [0.3, 0.4) is 0 Å². The number of piperidine rings is 1. The van der Waals surface area contributed by atoms with Crippen molar-refractivity contribution in [3.8, 4) is 0 Å². The second kappa shape index (κ2) is 14.2. The van der Waals surface area contributed by atoms with Crippen LogP contribution >= 0.6 is 0 Å². The average molecular weight is 581 g/mol. The highest BCUT2D eigenvalue weighted by atomic mass is 19.1. The molecule has 232 valence electrons. The normalized spacial score (nSPS) is 33.4. The van der Waals surface area contributed by atoms with Gasteiger partial charge in [-0.1, -0.05) is 20.3 Å². The third-order valence-electron chi connectivity index (χ3n) is 9.30. The highest BCUT2D eigenvalue weighted by molar-refractivity contribution is 6.19. The van der Waals surface area contributed by atoms with Crippen molar-refractivity contribution < 1.29 is 18.4 Å². The van der Waals surface area contributed by atoms with Gasteiger partial charge in [-0.25, -0.2) is 8.78 Å². The number of nitrogens with one attached hydrogen (secondary N) is 4. The zero-order chi connectivity index (χ0) is 29.6. The average Bonchev–Trinajstić information content (AvgIpc) is 3.43. The molecule has 4 aliphatic rings. The van der Waals surface area contributed by atoms with E-state index < -0.39 is 30.3 Å². The van der Waals surface area contributed by atoms with Gasteiger partial charge in [-0.3, -0.25) is 24.8 Å². The minimum absolute atomic E-state index is 0.0125. The fourth-order valence-corrected chi connectivity index (χ4v) is 7.07. The van der Waals surface area contributed by atoms with Gasteiger partial charge in [0.1, 0.15) is 18.2 Å². The summed E-state index contributed by atoms with van der Waals surface area (Å²) in [6.45, 7) is 9.26. The molecule has 0 spiro atoms. The lowest BCUT2D eigenvalue weighted by molar-refractivity contribution is -0.134. The Morgan fingerprint density at radius 1 is 1.10 bits per heavy atom. The van der Waals surface area contributed by atoms with E-state index in [2.05, 4.69) is 34.7 Å². The summed E-state index contributed by atoms with van der Waals surface area (Å²) in [5.74, 6) is -0.809. The molecule has 4 rings (SSSR count). The van der Waals surface area contributed by atoms with Crippen molar-refractivity contribution in [2.75, 3.05) is 65.4 Å². The lowest BCUT2D eigenvalue weighted by Gasteiger charge is -2.46. The lowest BCUT2D eigenvalue weighted by atomic mass is 9.75. The molecule has 0 saturated carbocycles. The molecule has 0 bridgehead atoms. The van der Waals surface area contributed by atoms with E-state index in [-0.39, 0.29) is 35.8 Å². The van der Waals surface area contributed by atoms with Crippen molar-refractivity contribution >= 4 is 17.6 Å². The van der Waals surface area contributed by atoms with Gasteiger partial charge in [-0.15, -0.1) is 0 Å². The summed E-state index contributed by atoms with van der Waals surface area (Å²) in [4.78, 5) is 32.6. The molecule has 4 heterocycles. The monoisotopic (exact) mass is 580 g/mol. The molecular formula is C29H50F2N8O2. The van der Waals surface area contributed by atoms with Crippen LogP contribution in [0.4, 0.5) is 8.78 Å². The molecule has 4 fully saturated rings. The zero-order valence-corrected chi connectivity index (χ0v) is 24.8. The standard InChI is InChI=1S/C29H50F2N8O2/c1-3-7-29(2)8-6-20(30)16-35-22(15-29)25(27(32)33)28(41)36-23-18-34-17-21(31)26(23)39-13-11-38(12-14-39)24(40)19-37-9-4-5-10-37/h20-21,23,26,34-35H,3-19H2,1-2H3,(H3,32,33)(H,36,41). The number of amidine groups is 1. The van der Waals surface area contributed by atoms with Crippen LogP contribution in [-0.4, -0.2) is 122 Å². The number of piperazine rings is 1. The summed E-state index contributed by atoms with van der Waals surface area (Å²) >= 11 is 0. The summed E-state index contributed by atoms with van der Waals surface area (Å²) in [6.07, 6.45) is 3.40. The van der Waals surface area contributed by atoms with Gasteiger partial charge in [0, 0.05) is 51.5 Å². The Kier molecular flexibility index (Phi) is 11.0. The lowest BCUT2D eigenvalue weighted by Crippen LogP contribution is -2.67. The highest BCUT2D eigenvalue weighted by Crippen LogP contribution is 2.38. The number of carbonyl (C=O) groups is 2. The van der Waals surface area contributed by atoms with E-state index in [9.17, 15) is 14.0 Å². The number of nitrogens with zero attached hydrogens (tertiary/aromatic N) is 3. The van der Waals surface area contributed by atoms with Crippen molar-refractivity contribution in [1.82, 2.24) is 30.7 Å². The molecule has 4 saturated heterocycles. The van der Waals surface area contributed by atoms with Crippen molar-refractivity contribution in [2.45, 2.75) is 83.2 Å². The van der Waals surface area contributed by atoms with Gasteiger partial charge in [-0.05, 0) is 57.0 Å². The minimum Gasteiger partial charge on any atom is -0.385 e. The third-order valence-corrected chi connectivity index (χ3v) is 9.30. The van der Waals surface area contributed by atoms with E-state index >= 15 is 4.39 Å². The van der Waals surface area contributed by atoms with E-state index in [1.807, 2.05) is 9.80 Å². The maximum absolute atomic E-state index is 15.4. The number of rotatable bonds is 8. The first kappa shape index (κ1) is 31.6. The maximum Gasteiger partial charge on any atom is 0.257 e. The molecular weight excluding hydrogens is 530 g/mol. The molecule has 0 aliphatic carbocycles. The third kappa shape index (κ3) is 8.16. The molecule has 5 unspecified atom stereocenters. The van der Waals surface area contributed by atoms with E-state index in [4.69, 9.17) is 11.1 Å². The van der Waals surface area contributed by atoms with E-state index in [1.54, 1.807) is 0 Å². The molecule has 0 aromatic carbocycles. The molecule has 41 heavy (non-hydrogen) atoms. The van der Waals surface area contributed by atoms with Gasteiger partial charge in [-0.2, -0.15) is 0 Å². The molecule has 0 radical (unpaired) electrons. The van der Waals surface area contributed by atoms with Crippen LogP contribution in [0, 0.1) is 10.8 Å². The number of carbonyl (C=O) groups excluding carboxylic acids is 2. The van der Waals surface area contributed by atoms with Crippen LogP contribution in [0.15, 0.2) is 11.3 Å². The molecule has 5 atom stereocenters. The smallest absolute Gasteiger partial charge is 0.257 e. The van der Waals surface area contributed by atoms with Gasteiger partial charge in [0.25, 0.3) is 5.91 Å². The Hall–Kier alpha value is -2.31. The number of likely N-dealkylation sites (tertiary alicyclic amines) is 1. The van der Waals surface area contributed by atoms with Crippen molar-refractivity contribution in [1.29, 1.82) is 5.41 Å². The molecule has 0 aromatic heterocycles. The number of nitrogens with two attached hydrogens (primary N) is 1. The summed E-state index contributed by atoms with van der Waals surface area (Å²) in [6, 6.07) is -1.13. The number of amides is 2. The van der Waals surface area contributed by atoms with Crippen LogP contribution < -0.4 is 21.7 Å². The quantitative estimate of drug-likeness (QED) is 0.165. The number of hydrogen-bond acceptors (Lipinski definition) is 7. The number of hydrogen-bond donors (Lipinski definition) is 5. The Labute approximate surface area is 243 Å². The predicted octanol–water partition coefficient (Wildman–Crippen LogP) is 1.13. The Morgan fingerprint density at radius 3 is 2.46 bits per heavy atom. The number of allylic oxidation sites excluding steroid dienone is 1. The largest absolute Gasteiger partial charge is 0.385 e. The van der Waals surface area contributed by atoms with Gasteiger partial charge < -0.3 is 26.6 Å². The van der Waals surface area contributed by atoms with Crippen LogP contribution in [-0.2, 0) is 9.59 Å². The molecule has 10 nitrogen and oxygen atoms in total. The highest BCUT2D eigenvalue weighted by Gasteiger charge is 2.41. The predicted molar refractivity (Wildman–Crippen MR) is 156 cm³/mol. The summed E-state index contributed by atoms with van der Waals surface area (Å²) in [7, 11) is 0. The van der Waals surface area contributed by atoms with Crippen molar-refractivity contribution in [3.63, 3.8) is 0 Å². The Balaban J connectivity index is 1.45. The molecule has 12 heteroatoms. The Morgan fingerprint density at radius 2 is 1.80 bits per heavy atom. The summed E-state index contributed by atoms with van der Waals surface area (Å²) in [5, 5.41) is 17.4. The second-order valence-corrected chi connectivity index (χ2v) is 12.7. The first-order chi connectivity index (χ1) is 19.6. The van der Waals surface area contributed by atoms with E-state index in [0.29, 0.717) is 64.2 Å². The first-order valence-corrected chi connectivity index (χ1v) is 15.5. The van der Waals surface area contributed by atoms with Crippen LogP contribution in [0.25, 0.3) is 0 Å². The van der Waals surface area contributed by atoms with Gasteiger partial charge in [0.15, 0.2) is 0 Å². The minimum atomic E-state index is -1.21. The fourth-order valence-electron chi connectivity index (χ4n) is 7.07. The summed E-state index contributed by atoms with van der Waals surface area (Å²) in [5.41, 5.74) is 6.22. The van der Waals surface area contributed by atoms with Crippen LogP contribution in [0.5, 0.6) is 0 Å². The molecule has 6 N–H and O–H groups in total. The van der Waals surface area contributed by atoms with Gasteiger partial charge >= 0.3 is 0 Å². The van der Waals surface area contributed by atoms with Gasteiger partial charge in [0.2, 0.25) is 5.91 Å². The van der Waals surface area contributed by atoms with Crippen molar-refractivity contribution in [2.24, 2.45) is 11.1 Å².